The molecule has 1 atom stereocenters. The lowest BCUT2D eigenvalue weighted by Gasteiger charge is -2.34. The van der Waals surface area contributed by atoms with Gasteiger partial charge in [-0.05, 0) is 25.0 Å². The fourth-order valence-corrected chi connectivity index (χ4v) is 5.08. The molecule has 25 heavy (non-hydrogen) atoms. The zero-order valence-electron chi connectivity index (χ0n) is 14.4. The van der Waals surface area contributed by atoms with Crippen molar-refractivity contribution >= 4 is 15.7 Å². The highest BCUT2D eigenvalue weighted by molar-refractivity contribution is 7.91. The molecule has 2 aliphatic rings. The van der Waals surface area contributed by atoms with Gasteiger partial charge >= 0.3 is 0 Å². The van der Waals surface area contributed by atoms with Gasteiger partial charge in [0, 0.05) is 19.1 Å². The molecule has 138 valence electrons. The van der Waals surface area contributed by atoms with E-state index in [4.69, 9.17) is 4.74 Å². The smallest absolute Gasteiger partial charge is 0.238 e. The molecular weight excluding hydrogens is 340 g/mol. The minimum Gasteiger partial charge on any atom is -0.379 e. The van der Waals surface area contributed by atoms with E-state index in [9.17, 15) is 13.2 Å². The van der Waals surface area contributed by atoms with Crippen molar-refractivity contribution in [3.63, 3.8) is 0 Å². The predicted octanol–water partition coefficient (Wildman–Crippen LogP) is 1.22. The lowest BCUT2D eigenvalue weighted by atomic mass is 10.2. The van der Waals surface area contributed by atoms with E-state index in [1.165, 1.54) is 0 Å². The van der Waals surface area contributed by atoms with Gasteiger partial charge in [0.05, 0.1) is 23.9 Å². The van der Waals surface area contributed by atoms with Crippen LogP contribution in [0.3, 0.4) is 0 Å². The molecule has 1 N–H and O–H groups in total. The topological polar surface area (TPSA) is 75.7 Å². The molecule has 1 aromatic carbocycles. The number of morpholine rings is 1. The first-order valence-corrected chi connectivity index (χ1v) is 10.6. The summed E-state index contributed by atoms with van der Waals surface area (Å²) >= 11 is 0. The van der Waals surface area contributed by atoms with Crippen molar-refractivity contribution in [2.24, 2.45) is 0 Å². The van der Waals surface area contributed by atoms with Crippen LogP contribution in [0.15, 0.2) is 35.2 Å². The van der Waals surface area contributed by atoms with E-state index in [0.29, 0.717) is 26.3 Å². The molecular formula is C18H26N2O4S. The van der Waals surface area contributed by atoms with E-state index in [1.807, 2.05) is 4.90 Å². The monoisotopic (exact) mass is 366 g/mol. The summed E-state index contributed by atoms with van der Waals surface area (Å²) in [5.74, 6) is -0.372. The molecule has 0 unspecified atom stereocenters. The zero-order valence-corrected chi connectivity index (χ0v) is 15.2. The molecule has 3 rings (SSSR count). The highest BCUT2D eigenvalue weighted by Gasteiger charge is 2.34. The number of rotatable bonds is 6. The molecule has 1 aliphatic carbocycles. The Morgan fingerprint density at radius 2 is 1.80 bits per heavy atom. The van der Waals surface area contributed by atoms with Crippen LogP contribution in [0, 0.1) is 0 Å². The normalized spacial score (nSPS) is 21.1. The maximum Gasteiger partial charge on any atom is 0.238 e. The molecule has 0 aromatic heterocycles. The lowest BCUT2D eigenvalue weighted by molar-refractivity contribution is -0.128. The number of sulfone groups is 1. The number of ether oxygens (including phenoxy) is 1. The van der Waals surface area contributed by atoms with Gasteiger partial charge in [0.1, 0.15) is 6.04 Å². The van der Waals surface area contributed by atoms with Crippen LogP contribution in [0.25, 0.3) is 0 Å². The Bertz CT molecular complexity index is 666. The first kappa shape index (κ1) is 18.4. The molecule has 1 saturated carbocycles. The fraction of sp³-hybridized carbons (Fsp3) is 0.611. The summed E-state index contributed by atoms with van der Waals surface area (Å²) in [6, 6.07) is 7.86. The zero-order chi connectivity index (χ0) is 17.7. The molecule has 6 nitrogen and oxygen atoms in total. The third kappa shape index (κ3) is 4.80. The summed E-state index contributed by atoms with van der Waals surface area (Å²) in [6.07, 6.45) is 4.20. The second-order valence-corrected chi connectivity index (χ2v) is 8.78. The molecule has 0 bridgehead atoms. The Morgan fingerprint density at radius 1 is 1.16 bits per heavy atom. The van der Waals surface area contributed by atoms with Crippen molar-refractivity contribution in [2.75, 3.05) is 32.1 Å². The van der Waals surface area contributed by atoms with Crippen LogP contribution in [0.5, 0.6) is 0 Å². The fourth-order valence-electron chi connectivity index (χ4n) is 3.54. The Balaban J connectivity index is 1.76. The number of benzene rings is 1. The van der Waals surface area contributed by atoms with E-state index in [2.05, 4.69) is 5.32 Å². The molecule has 1 saturated heterocycles. The number of carbonyl (C=O) groups excluding carboxylic acids is 1. The average Bonchev–Trinajstić information content (AvgIpc) is 3.14. The van der Waals surface area contributed by atoms with E-state index in [1.54, 1.807) is 30.3 Å². The largest absolute Gasteiger partial charge is 0.379 e. The molecule has 2 fully saturated rings. The third-order valence-electron chi connectivity index (χ3n) is 4.97. The Hall–Kier alpha value is -1.44. The molecule has 0 radical (unpaired) electrons. The van der Waals surface area contributed by atoms with Gasteiger partial charge in [-0.1, -0.05) is 31.0 Å². The number of nitrogens with zero attached hydrogens (tertiary/aromatic N) is 1. The minimum atomic E-state index is -3.53. The predicted molar refractivity (Wildman–Crippen MR) is 95.1 cm³/mol. The van der Waals surface area contributed by atoms with Crippen molar-refractivity contribution in [1.82, 2.24) is 10.2 Å². The van der Waals surface area contributed by atoms with Crippen molar-refractivity contribution in [3.8, 4) is 0 Å². The number of amides is 1. The third-order valence-corrected chi connectivity index (χ3v) is 6.72. The van der Waals surface area contributed by atoms with Crippen molar-refractivity contribution in [1.29, 1.82) is 0 Å². The standard InChI is InChI=1S/C18H26N2O4S/c21-18(19-15-6-4-5-7-15)17(20-10-12-24-13-11-20)14-25(22,23)16-8-2-1-3-9-16/h1-3,8-9,15,17H,4-7,10-14H2,(H,19,21)/t17-/m0/s1. The van der Waals surface area contributed by atoms with Crippen LogP contribution in [0.1, 0.15) is 25.7 Å². The first-order valence-electron chi connectivity index (χ1n) is 8.96. The summed E-state index contributed by atoms with van der Waals surface area (Å²) < 4.78 is 30.9. The number of nitrogens with one attached hydrogen (secondary N) is 1. The van der Waals surface area contributed by atoms with Gasteiger partial charge in [0.25, 0.3) is 0 Å². The minimum absolute atomic E-state index is 0.173. The number of hydrogen-bond donors (Lipinski definition) is 1. The van der Waals surface area contributed by atoms with Crippen molar-refractivity contribution < 1.29 is 17.9 Å². The van der Waals surface area contributed by atoms with Crippen molar-refractivity contribution in [2.45, 2.75) is 42.7 Å². The average molecular weight is 366 g/mol. The van der Waals surface area contributed by atoms with E-state index in [0.717, 1.165) is 25.7 Å². The lowest BCUT2D eigenvalue weighted by Crippen LogP contribution is -2.55. The van der Waals surface area contributed by atoms with Crippen LogP contribution in [0.2, 0.25) is 0 Å². The molecule has 0 spiro atoms. The van der Waals surface area contributed by atoms with Gasteiger partial charge in [-0.3, -0.25) is 9.69 Å². The van der Waals surface area contributed by atoms with Crippen LogP contribution in [-0.2, 0) is 19.4 Å². The molecule has 1 heterocycles. The maximum absolute atomic E-state index is 12.8. The van der Waals surface area contributed by atoms with Gasteiger partial charge in [-0.2, -0.15) is 0 Å². The van der Waals surface area contributed by atoms with E-state index < -0.39 is 15.9 Å². The SMILES string of the molecule is O=C(NC1CCCC1)[C@H](CS(=O)(=O)c1ccccc1)N1CCOCC1. The van der Waals surface area contributed by atoms with Crippen LogP contribution in [-0.4, -0.2) is 63.4 Å². The van der Waals surface area contributed by atoms with E-state index >= 15 is 0 Å². The number of hydrogen-bond acceptors (Lipinski definition) is 5. The highest BCUT2D eigenvalue weighted by atomic mass is 32.2. The highest BCUT2D eigenvalue weighted by Crippen LogP contribution is 2.19. The molecule has 1 aliphatic heterocycles. The quantitative estimate of drug-likeness (QED) is 0.819. The molecule has 1 amide bonds. The Kier molecular flexibility index (Phi) is 6.09. The van der Waals surface area contributed by atoms with Gasteiger partial charge in [0.15, 0.2) is 9.84 Å². The maximum atomic E-state index is 12.8. The summed E-state index contributed by atoms with van der Waals surface area (Å²) in [4.78, 5) is 15.1. The van der Waals surface area contributed by atoms with Gasteiger partial charge in [0.2, 0.25) is 5.91 Å². The first-order chi connectivity index (χ1) is 12.1. The molecule has 7 heteroatoms. The van der Waals surface area contributed by atoms with E-state index in [-0.39, 0.29) is 22.6 Å². The van der Waals surface area contributed by atoms with Gasteiger partial charge in [-0.15, -0.1) is 0 Å². The van der Waals surface area contributed by atoms with Crippen molar-refractivity contribution in [3.05, 3.63) is 30.3 Å². The van der Waals surface area contributed by atoms with Crippen LogP contribution in [0.4, 0.5) is 0 Å². The number of carbonyl (C=O) groups is 1. The Labute approximate surface area is 149 Å². The Morgan fingerprint density at radius 3 is 2.44 bits per heavy atom. The summed E-state index contributed by atoms with van der Waals surface area (Å²) in [6.45, 7) is 2.21. The second kappa shape index (κ2) is 8.29. The van der Waals surface area contributed by atoms with Crippen LogP contribution >= 0.6 is 0 Å². The summed E-state index contributed by atoms with van der Waals surface area (Å²) in [5.41, 5.74) is 0. The van der Waals surface area contributed by atoms with Gasteiger partial charge in [-0.25, -0.2) is 8.42 Å². The summed E-state index contributed by atoms with van der Waals surface area (Å²) in [5, 5.41) is 3.06. The summed E-state index contributed by atoms with van der Waals surface area (Å²) in [7, 11) is -3.53. The van der Waals surface area contributed by atoms with Crippen LogP contribution < -0.4 is 5.32 Å². The second-order valence-electron chi connectivity index (χ2n) is 6.75. The van der Waals surface area contributed by atoms with Gasteiger partial charge < -0.3 is 10.1 Å². The molecule has 1 aromatic rings.